The number of benzene rings is 1. The van der Waals surface area contributed by atoms with Gasteiger partial charge in [0.15, 0.2) is 0 Å². The van der Waals surface area contributed by atoms with E-state index in [1.54, 1.807) is 0 Å². The maximum absolute atomic E-state index is 5.54. The van der Waals surface area contributed by atoms with Crippen LogP contribution in [0.2, 0.25) is 0 Å². The zero-order valence-corrected chi connectivity index (χ0v) is 10.4. The maximum atomic E-state index is 5.54. The second-order valence-corrected chi connectivity index (χ2v) is 3.90. The third kappa shape index (κ3) is 4.55. The Balaban J connectivity index is 2.51. The molecule has 0 unspecified atom stereocenters. The van der Waals surface area contributed by atoms with E-state index < -0.39 is 0 Å². The van der Waals surface area contributed by atoms with E-state index >= 15 is 0 Å². The van der Waals surface area contributed by atoms with Crippen LogP contribution < -0.4 is 5.73 Å². The van der Waals surface area contributed by atoms with E-state index in [1.165, 1.54) is 5.56 Å². The normalized spacial score (nSPS) is 11.4. The fourth-order valence-electron chi connectivity index (χ4n) is 1.22. The third-order valence-electron chi connectivity index (χ3n) is 2.23. The van der Waals surface area contributed by atoms with Crippen LogP contribution in [0.5, 0.6) is 0 Å². The van der Waals surface area contributed by atoms with Gasteiger partial charge < -0.3 is 10.6 Å². The van der Waals surface area contributed by atoms with E-state index in [9.17, 15) is 0 Å². The molecule has 0 aliphatic heterocycles. The first-order chi connectivity index (χ1) is 7.76. The molecule has 0 atom stereocenters. The largest absolute Gasteiger partial charge is 0.365 e. The van der Waals surface area contributed by atoms with Crippen molar-refractivity contribution in [1.82, 2.24) is 4.90 Å². The molecule has 0 bridgehead atoms. The van der Waals surface area contributed by atoms with Crippen molar-refractivity contribution in [2.24, 2.45) is 5.73 Å². The van der Waals surface area contributed by atoms with Crippen molar-refractivity contribution in [3.05, 3.63) is 48.2 Å². The van der Waals surface area contributed by atoms with Crippen molar-refractivity contribution >= 4 is 18.7 Å². The van der Waals surface area contributed by atoms with Crippen molar-refractivity contribution < 1.29 is 0 Å². The van der Waals surface area contributed by atoms with Crippen molar-refractivity contribution in [3.63, 3.8) is 0 Å². The van der Waals surface area contributed by atoms with Gasteiger partial charge in [0.1, 0.15) is 0 Å². The molecular formula is C13H18N2S. The average molecular weight is 234 g/mol. The van der Waals surface area contributed by atoms with Crippen LogP contribution in [0.3, 0.4) is 0 Å². The Kier molecular flexibility index (Phi) is 5.75. The summed E-state index contributed by atoms with van der Waals surface area (Å²) in [4.78, 5) is 3.01. The standard InChI is InChI=1S/C13H18N2S/c1-2-15(11-14)10-4-3-5-12-6-8-13(16)9-7-12/h3-10,16H,2,11,14H2,1H3/b5-3+,10-4+. The Labute approximate surface area is 103 Å². The highest BCUT2D eigenvalue weighted by Gasteiger charge is 1.87. The van der Waals surface area contributed by atoms with Crippen LogP contribution in [0.1, 0.15) is 12.5 Å². The second kappa shape index (κ2) is 7.14. The van der Waals surface area contributed by atoms with Crippen LogP contribution in [0, 0.1) is 0 Å². The summed E-state index contributed by atoms with van der Waals surface area (Å²) in [5.74, 6) is 0. The molecule has 2 nitrogen and oxygen atoms in total. The lowest BCUT2D eigenvalue weighted by Gasteiger charge is -2.13. The zero-order chi connectivity index (χ0) is 11.8. The molecule has 0 saturated carbocycles. The smallest absolute Gasteiger partial charge is 0.0651 e. The fourth-order valence-corrected chi connectivity index (χ4v) is 1.37. The first-order valence-corrected chi connectivity index (χ1v) is 5.79. The van der Waals surface area contributed by atoms with Gasteiger partial charge in [0.25, 0.3) is 0 Å². The van der Waals surface area contributed by atoms with Crippen LogP contribution in [0.4, 0.5) is 0 Å². The Morgan fingerprint density at radius 2 is 1.94 bits per heavy atom. The van der Waals surface area contributed by atoms with Crippen molar-refractivity contribution in [1.29, 1.82) is 0 Å². The number of nitrogens with two attached hydrogens (primary N) is 1. The molecule has 86 valence electrons. The highest BCUT2D eigenvalue weighted by atomic mass is 32.1. The van der Waals surface area contributed by atoms with Gasteiger partial charge in [-0.1, -0.05) is 24.3 Å². The van der Waals surface area contributed by atoms with E-state index in [2.05, 4.69) is 19.6 Å². The minimum Gasteiger partial charge on any atom is -0.365 e. The highest BCUT2D eigenvalue weighted by molar-refractivity contribution is 7.80. The predicted octanol–water partition coefficient (Wildman–Crippen LogP) is 2.74. The van der Waals surface area contributed by atoms with Gasteiger partial charge in [0, 0.05) is 17.6 Å². The lowest BCUT2D eigenvalue weighted by atomic mass is 10.2. The molecule has 0 fully saturated rings. The zero-order valence-electron chi connectivity index (χ0n) is 9.50. The SMILES string of the molecule is CCN(/C=C/C=C/c1ccc(S)cc1)CN. The molecule has 1 rings (SSSR count). The molecule has 3 heteroatoms. The summed E-state index contributed by atoms with van der Waals surface area (Å²) in [5.41, 5.74) is 6.70. The Morgan fingerprint density at radius 3 is 2.50 bits per heavy atom. The molecular weight excluding hydrogens is 216 g/mol. The molecule has 0 radical (unpaired) electrons. The highest BCUT2D eigenvalue weighted by Crippen LogP contribution is 2.08. The Morgan fingerprint density at radius 1 is 1.25 bits per heavy atom. The van der Waals surface area contributed by atoms with Crippen molar-refractivity contribution in [2.45, 2.75) is 11.8 Å². The Hall–Kier alpha value is -1.19. The number of thiol groups is 1. The molecule has 0 aromatic heterocycles. The maximum Gasteiger partial charge on any atom is 0.0651 e. The lowest BCUT2D eigenvalue weighted by molar-refractivity contribution is 0.409. The molecule has 0 aliphatic rings. The van der Waals surface area contributed by atoms with Crippen LogP contribution in [0.25, 0.3) is 6.08 Å². The Bertz CT molecular complexity index is 351. The van der Waals surface area contributed by atoms with Crippen molar-refractivity contribution in [2.75, 3.05) is 13.2 Å². The average Bonchev–Trinajstić information content (AvgIpc) is 2.32. The molecule has 0 aliphatic carbocycles. The van der Waals surface area contributed by atoms with Crippen LogP contribution in [-0.4, -0.2) is 18.1 Å². The van der Waals surface area contributed by atoms with Gasteiger partial charge in [0.2, 0.25) is 0 Å². The summed E-state index contributed by atoms with van der Waals surface area (Å²) in [6, 6.07) is 8.02. The summed E-state index contributed by atoms with van der Waals surface area (Å²) in [6.45, 7) is 3.55. The van der Waals surface area contributed by atoms with Crippen LogP contribution in [0.15, 0.2) is 47.5 Å². The molecule has 1 aromatic carbocycles. The number of hydrogen-bond acceptors (Lipinski definition) is 3. The van der Waals surface area contributed by atoms with Crippen LogP contribution >= 0.6 is 12.6 Å². The van der Waals surface area contributed by atoms with E-state index in [4.69, 9.17) is 5.73 Å². The summed E-state index contributed by atoms with van der Waals surface area (Å²) >= 11 is 4.23. The van der Waals surface area contributed by atoms with Gasteiger partial charge in [-0.05, 0) is 30.7 Å². The molecule has 0 amide bonds. The van der Waals surface area contributed by atoms with Gasteiger partial charge in [-0.15, -0.1) is 12.6 Å². The van der Waals surface area contributed by atoms with Gasteiger partial charge >= 0.3 is 0 Å². The second-order valence-electron chi connectivity index (χ2n) is 3.38. The third-order valence-corrected chi connectivity index (χ3v) is 2.53. The quantitative estimate of drug-likeness (QED) is 0.466. The first kappa shape index (κ1) is 12.9. The van der Waals surface area contributed by atoms with E-state index in [0.29, 0.717) is 6.67 Å². The predicted molar refractivity (Wildman–Crippen MR) is 73.3 cm³/mol. The molecule has 1 aromatic rings. The van der Waals surface area contributed by atoms with Crippen LogP contribution in [-0.2, 0) is 0 Å². The topological polar surface area (TPSA) is 29.3 Å². The van der Waals surface area contributed by atoms with Crippen molar-refractivity contribution in [3.8, 4) is 0 Å². The van der Waals surface area contributed by atoms with Gasteiger partial charge in [-0.2, -0.15) is 0 Å². The summed E-state index contributed by atoms with van der Waals surface area (Å²) in [5, 5.41) is 0. The summed E-state index contributed by atoms with van der Waals surface area (Å²) < 4.78 is 0. The molecule has 0 saturated heterocycles. The van der Waals surface area contributed by atoms with E-state index in [-0.39, 0.29) is 0 Å². The summed E-state index contributed by atoms with van der Waals surface area (Å²) in [6.07, 6.45) is 8.04. The van der Waals surface area contributed by atoms with E-state index in [1.807, 2.05) is 53.6 Å². The first-order valence-electron chi connectivity index (χ1n) is 5.34. The summed E-state index contributed by atoms with van der Waals surface area (Å²) in [7, 11) is 0. The lowest BCUT2D eigenvalue weighted by Crippen LogP contribution is -2.23. The number of hydrogen-bond donors (Lipinski definition) is 2. The number of nitrogens with zero attached hydrogens (tertiary/aromatic N) is 1. The van der Waals surface area contributed by atoms with E-state index in [0.717, 1.165) is 11.4 Å². The number of rotatable bonds is 5. The molecule has 0 spiro atoms. The minimum atomic E-state index is 0.551. The molecule has 0 heterocycles. The molecule has 2 N–H and O–H groups in total. The minimum absolute atomic E-state index is 0.551. The fraction of sp³-hybridized carbons (Fsp3) is 0.231. The number of allylic oxidation sites excluding steroid dienone is 2. The van der Waals surface area contributed by atoms with Gasteiger partial charge in [0.05, 0.1) is 6.67 Å². The van der Waals surface area contributed by atoms with Gasteiger partial charge in [-0.25, -0.2) is 0 Å². The monoisotopic (exact) mass is 234 g/mol. The molecule has 16 heavy (non-hydrogen) atoms. The van der Waals surface area contributed by atoms with Gasteiger partial charge in [-0.3, -0.25) is 0 Å².